The number of amides is 1. The highest BCUT2D eigenvalue weighted by Gasteiger charge is 2.44. The maximum Gasteiger partial charge on any atom is 0.295 e. The summed E-state index contributed by atoms with van der Waals surface area (Å²) in [5.41, 5.74) is 4.82. The van der Waals surface area contributed by atoms with Crippen molar-refractivity contribution >= 4 is 22.6 Å². The lowest BCUT2D eigenvalue weighted by molar-refractivity contribution is 0.0971. The lowest BCUT2D eigenvalue weighted by atomic mass is 9.96. The first-order valence-electron chi connectivity index (χ1n) is 11.2. The number of hydrogen-bond acceptors (Lipinski definition) is 5. The summed E-state index contributed by atoms with van der Waals surface area (Å²) in [5.74, 6) is -0.103. The fourth-order valence-electron chi connectivity index (χ4n) is 4.57. The predicted octanol–water partition coefficient (Wildman–Crippen LogP) is 5.44. The molecule has 0 aliphatic carbocycles. The molecule has 4 aromatic rings. The molecule has 0 spiro atoms. The molecule has 0 radical (unpaired) electrons. The van der Waals surface area contributed by atoms with Gasteiger partial charge in [0.25, 0.3) is 5.91 Å². The zero-order valence-electron chi connectivity index (χ0n) is 19.5. The maximum absolute atomic E-state index is 13.8. The molecule has 1 aromatic heterocycles. The second-order valence-electron chi connectivity index (χ2n) is 8.64. The number of benzene rings is 3. The van der Waals surface area contributed by atoms with Gasteiger partial charge in [-0.1, -0.05) is 25.1 Å². The van der Waals surface area contributed by atoms with Crippen LogP contribution in [-0.2, 0) is 6.42 Å². The van der Waals surface area contributed by atoms with Crippen molar-refractivity contribution in [2.75, 3.05) is 12.0 Å². The lowest BCUT2D eigenvalue weighted by Gasteiger charge is -2.26. The van der Waals surface area contributed by atoms with E-state index in [1.54, 1.807) is 23.1 Å². The number of hydrogen-bond donors (Lipinski definition) is 1. The van der Waals surface area contributed by atoms with Gasteiger partial charge in [0.15, 0.2) is 16.9 Å². The van der Waals surface area contributed by atoms with Gasteiger partial charge >= 0.3 is 0 Å². The van der Waals surface area contributed by atoms with E-state index in [4.69, 9.17) is 9.15 Å². The number of phenols is 1. The summed E-state index contributed by atoms with van der Waals surface area (Å²) in [6, 6.07) is 15.4. The fraction of sp³-hybridized carbons (Fsp3) is 0.214. The molecule has 1 unspecified atom stereocenters. The topological polar surface area (TPSA) is 80.0 Å². The van der Waals surface area contributed by atoms with E-state index in [0.717, 1.165) is 23.1 Å². The minimum absolute atomic E-state index is 0.0220. The number of aryl methyl sites for hydroxylation is 3. The van der Waals surface area contributed by atoms with Gasteiger partial charge in [0.05, 0.1) is 24.1 Å². The molecule has 1 atom stereocenters. The summed E-state index contributed by atoms with van der Waals surface area (Å²) in [7, 11) is 1.46. The summed E-state index contributed by atoms with van der Waals surface area (Å²) < 4.78 is 11.4. The molecule has 5 rings (SSSR count). The highest BCUT2D eigenvalue weighted by Crippen LogP contribution is 2.43. The first-order valence-corrected chi connectivity index (χ1v) is 11.2. The molecule has 34 heavy (non-hydrogen) atoms. The average molecular weight is 456 g/mol. The summed E-state index contributed by atoms with van der Waals surface area (Å²) in [6.45, 7) is 5.95. The third-order valence-corrected chi connectivity index (χ3v) is 6.63. The maximum atomic E-state index is 13.8. The highest BCUT2D eigenvalue weighted by molar-refractivity contribution is 6.10. The number of ether oxygens (including phenoxy) is 1. The highest BCUT2D eigenvalue weighted by atomic mass is 16.5. The minimum atomic E-state index is -0.730. The third-order valence-electron chi connectivity index (χ3n) is 6.63. The van der Waals surface area contributed by atoms with Crippen LogP contribution in [-0.4, -0.2) is 18.1 Å². The smallest absolute Gasteiger partial charge is 0.295 e. The van der Waals surface area contributed by atoms with Crippen molar-refractivity contribution < 1.29 is 19.1 Å². The number of fused-ring (bicyclic) bond motifs is 2. The molecule has 6 heteroatoms. The largest absolute Gasteiger partial charge is 0.504 e. The van der Waals surface area contributed by atoms with Crippen LogP contribution in [0, 0.1) is 13.8 Å². The van der Waals surface area contributed by atoms with E-state index in [2.05, 4.69) is 6.92 Å². The number of nitrogens with zero attached hydrogens (tertiary/aromatic N) is 1. The van der Waals surface area contributed by atoms with E-state index >= 15 is 0 Å². The van der Waals surface area contributed by atoms with E-state index < -0.39 is 6.04 Å². The molecule has 1 aliphatic heterocycles. The first-order chi connectivity index (χ1) is 16.3. The van der Waals surface area contributed by atoms with Gasteiger partial charge in [-0.05, 0) is 78.9 Å². The average Bonchev–Trinajstić information content (AvgIpc) is 3.13. The van der Waals surface area contributed by atoms with Crippen LogP contribution in [0.15, 0.2) is 63.8 Å². The summed E-state index contributed by atoms with van der Waals surface area (Å²) in [6.07, 6.45) is 0.872. The molecule has 0 saturated heterocycles. The Balaban J connectivity index is 1.80. The Kier molecular flexibility index (Phi) is 5.16. The lowest BCUT2D eigenvalue weighted by Crippen LogP contribution is -2.29. The van der Waals surface area contributed by atoms with Gasteiger partial charge in [-0.25, -0.2) is 0 Å². The van der Waals surface area contributed by atoms with Crippen LogP contribution in [0.1, 0.15) is 51.3 Å². The zero-order valence-corrected chi connectivity index (χ0v) is 19.5. The Bertz CT molecular complexity index is 1500. The van der Waals surface area contributed by atoms with Gasteiger partial charge in [-0.3, -0.25) is 14.5 Å². The normalized spacial score (nSPS) is 15.1. The second-order valence-corrected chi connectivity index (χ2v) is 8.64. The number of anilines is 1. The molecule has 1 amide bonds. The molecule has 172 valence electrons. The SMILES string of the molecule is CCc1ccc(N2C(=O)c3oc4cc(C)c(C)cc4c(=O)c3C2c2ccc(O)c(OC)c2)cc1. The van der Waals surface area contributed by atoms with Crippen LogP contribution < -0.4 is 15.1 Å². The molecular weight excluding hydrogens is 430 g/mol. The summed E-state index contributed by atoms with van der Waals surface area (Å²) in [4.78, 5) is 29.1. The van der Waals surface area contributed by atoms with E-state index in [1.165, 1.54) is 13.2 Å². The quantitative estimate of drug-likeness (QED) is 0.443. The molecule has 2 heterocycles. The minimum Gasteiger partial charge on any atom is -0.504 e. The molecule has 3 aromatic carbocycles. The van der Waals surface area contributed by atoms with E-state index in [1.807, 2.05) is 44.2 Å². The molecule has 6 nitrogen and oxygen atoms in total. The Morgan fingerprint density at radius 3 is 2.38 bits per heavy atom. The molecule has 0 saturated carbocycles. The van der Waals surface area contributed by atoms with Crippen molar-refractivity contribution in [2.24, 2.45) is 0 Å². The van der Waals surface area contributed by atoms with Crippen LogP contribution >= 0.6 is 0 Å². The van der Waals surface area contributed by atoms with E-state index in [9.17, 15) is 14.7 Å². The van der Waals surface area contributed by atoms with Crippen LogP contribution in [0.4, 0.5) is 5.69 Å². The molecular formula is C28H25NO5. The van der Waals surface area contributed by atoms with Crippen LogP contribution in [0.25, 0.3) is 11.0 Å². The van der Waals surface area contributed by atoms with Crippen molar-refractivity contribution in [2.45, 2.75) is 33.2 Å². The van der Waals surface area contributed by atoms with Crippen LogP contribution in [0.5, 0.6) is 11.5 Å². The number of aromatic hydroxyl groups is 1. The number of rotatable bonds is 4. The van der Waals surface area contributed by atoms with Gasteiger partial charge in [-0.2, -0.15) is 0 Å². The number of carbonyl (C=O) groups excluding carboxylic acids is 1. The van der Waals surface area contributed by atoms with Crippen molar-refractivity contribution in [3.63, 3.8) is 0 Å². The monoisotopic (exact) mass is 455 g/mol. The zero-order chi connectivity index (χ0) is 24.1. The van der Waals surface area contributed by atoms with Crippen molar-refractivity contribution in [3.8, 4) is 11.5 Å². The Morgan fingerprint density at radius 1 is 1.00 bits per heavy atom. The number of carbonyl (C=O) groups is 1. The van der Waals surface area contributed by atoms with Gasteiger partial charge < -0.3 is 14.3 Å². The van der Waals surface area contributed by atoms with E-state index in [-0.39, 0.29) is 34.2 Å². The van der Waals surface area contributed by atoms with Gasteiger partial charge in [0.2, 0.25) is 5.76 Å². The summed E-state index contributed by atoms with van der Waals surface area (Å²) in [5, 5.41) is 10.6. The number of phenolic OH excluding ortho intramolecular Hbond substituents is 1. The Labute approximate surface area is 197 Å². The van der Waals surface area contributed by atoms with Gasteiger partial charge in [0.1, 0.15) is 5.58 Å². The Morgan fingerprint density at radius 2 is 1.71 bits per heavy atom. The summed E-state index contributed by atoms with van der Waals surface area (Å²) >= 11 is 0. The fourth-order valence-corrected chi connectivity index (χ4v) is 4.57. The van der Waals surface area contributed by atoms with Gasteiger partial charge in [-0.15, -0.1) is 0 Å². The Hall–Kier alpha value is -4.06. The number of methoxy groups -OCH3 is 1. The second kappa shape index (κ2) is 8.06. The van der Waals surface area contributed by atoms with Crippen molar-refractivity contribution in [1.29, 1.82) is 0 Å². The van der Waals surface area contributed by atoms with Gasteiger partial charge in [0, 0.05) is 5.69 Å². The van der Waals surface area contributed by atoms with Crippen LogP contribution in [0.3, 0.4) is 0 Å². The van der Waals surface area contributed by atoms with Crippen molar-refractivity contribution in [1.82, 2.24) is 0 Å². The first kappa shape index (κ1) is 21.8. The third kappa shape index (κ3) is 3.25. The van der Waals surface area contributed by atoms with E-state index in [0.29, 0.717) is 22.2 Å². The van der Waals surface area contributed by atoms with Crippen LogP contribution in [0.2, 0.25) is 0 Å². The molecule has 1 N–H and O–H groups in total. The molecule has 0 fully saturated rings. The van der Waals surface area contributed by atoms with Crippen molar-refractivity contribution in [3.05, 3.63) is 98.4 Å². The predicted molar refractivity (Wildman–Crippen MR) is 131 cm³/mol. The molecule has 1 aliphatic rings. The standard InChI is InChI=1S/C28H25NO5/c1-5-17-6-9-19(10-7-17)29-25(18-8-11-21(30)23(14-18)33-4)24-26(31)20-12-15(2)16(3)13-22(20)34-27(24)28(29)32/h6-14,25,30H,5H2,1-4H3. The molecule has 0 bridgehead atoms.